The van der Waals surface area contributed by atoms with Crippen LogP contribution in [0.4, 0.5) is 0 Å². The van der Waals surface area contributed by atoms with Gasteiger partial charge >= 0.3 is 0 Å². The predicted molar refractivity (Wildman–Crippen MR) is 68.8 cm³/mol. The number of aryl methyl sites for hydroxylation is 1. The van der Waals surface area contributed by atoms with Crippen LogP contribution in [-0.2, 0) is 0 Å². The Morgan fingerprint density at radius 3 is 2.41 bits per heavy atom. The summed E-state index contributed by atoms with van der Waals surface area (Å²) in [7, 11) is 3.44. The lowest BCUT2D eigenvalue weighted by Gasteiger charge is -2.17. The molecular weight excluding hydrogens is 214 g/mol. The maximum Gasteiger partial charge on any atom is 0.124 e. The Labute approximate surface area is 103 Å². The van der Waals surface area contributed by atoms with E-state index in [1.54, 1.807) is 14.2 Å². The van der Waals surface area contributed by atoms with Crippen LogP contribution in [0.1, 0.15) is 30.5 Å². The standard InChI is InChI=1S/C14H21NO2/c1-9-5-12(15-8-9)11-7-13(16-3)10(2)6-14(11)17-4/h6-7,9,12,15H,5,8H2,1-4H3. The van der Waals surface area contributed by atoms with Gasteiger partial charge in [-0.3, -0.25) is 0 Å². The molecule has 0 saturated carbocycles. The number of hydrogen-bond acceptors (Lipinski definition) is 3. The number of hydrogen-bond donors (Lipinski definition) is 1. The molecule has 0 amide bonds. The first kappa shape index (κ1) is 12.2. The van der Waals surface area contributed by atoms with Gasteiger partial charge in [0.05, 0.1) is 14.2 Å². The summed E-state index contributed by atoms with van der Waals surface area (Å²) in [6.07, 6.45) is 1.16. The highest BCUT2D eigenvalue weighted by Gasteiger charge is 2.25. The molecule has 0 aliphatic carbocycles. The van der Waals surface area contributed by atoms with Crippen molar-refractivity contribution in [3.63, 3.8) is 0 Å². The van der Waals surface area contributed by atoms with E-state index in [-0.39, 0.29) is 0 Å². The van der Waals surface area contributed by atoms with Gasteiger partial charge in [0.25, 0.3) is 0 Å². The monoisotopic (exact) mass is 235 g/mol. The highest BCUT2D eigenvalue weighted by molar-refractivity contribution is 5.47. The minimum Gasteiger partial charge on any atom is -0.496 e. The van der Waals surface area contributed by atoms with Gasteiger partial charge < -0.3 is 14.8 Å². The van der Waals surface area contributed by atoms with E-state index in [2.05, 4.69) is 24.4 Å². The van der Waals surface area contributed by atoms with E-state index in [0.29, 0.717) is 6.04 Å². The molecule has 2 atom stereocenters. The number of rotatable bonds is 3. The molecular formula is C14H21NO2. The van der Waals surface area contributed by atoms with Crippen molar-refractivity contribution in [1.29, 1.82) is 0 Å². The molecule has 1 aromatic rings. The maximum atomic E-state index is 5.48. The fourth-order valence-corrected chi connectivity index (χ4v) is 2.50. The van der Waals surface area contributed by atoms with Crippen LogP contribution in [0.3, 0.4) is 0 Å². The Morgan fingerprint density at radius 2 is 1.88 bits per heavy atom. The summed E-state index contributed by atoms with van der Waals surface area (Å²) in [4.78, 5) is 0. The second-order valence-electron chi connectivity index (χ2n) is 4.87. The Kier molecular flexibility index (Phi) is 3.57. The van der Waals surface area contributed by atoms with Crippen LogP contribution in [0.5, 0.6) is 11.5 Å². The number of nitrogens with one attached hydrogen (secondary N) is 1. The van der Waals surface area contributed by atoms with Gasteiger partial charge in [0.1, 0.15) is 11.5 Å². The van der Waals surface area contributed by atoms with Crippen LogP contribution in [0.2, 0.25) is 0 Å². The van der Waals surface area contributed by atoms with Gasteiger partial charge in [-0.2, -0.15) is 0 Å². The predicted octanol–water partition coefficient (Wildman–Crippen LogP) is 2.68. The molecule has 1 aliphatic rings. The molecule has 1 saturated heterocycles. The summed E-state index contributed by atoms with van der Waals surface area (Å²) in [5, 5.41) is 3.53. The van der Waals surface area contributed by atoms with E-state index in [4.69, 9.17) is 9.47 Å². The zero-order valence-corrected chi connectivity index (χ0v) is 11.0. The van der Waals surface area contributed by atoms with Gasteiger partial charge in [-0.25, -0.2) is 0 Å². The van der Waals surface area contributed by atoms with E-state index in [1.165, 1.54) is 5.56 Å². The van der Waals surface area contributed by atoms with Crippen LogP contribution < -0.4 is 14.8 Å². The summed E-state index contributed by atoms with van der Waals surface area (Å²) < 4.78 is 10.9. The van der Waals surface area contributed by atoms with Crippen LogP contribution in [0.15, 0.2) is 12.1 Å². The summed E-state index contributed by atoms with van der Waals surface area (Å²) >= 11 is 0. The third kappa shape index (κ3) is 2.39. The van der Waals surface area contributed by atoms with Crippen molar-refractivity contribution < 1.29 is 9.47 Å². The Morgan fingerprint density at radius 1 is 1.18 bits per heavy atom. The van der Waals surface area contributed by atoms with Crippen molar-refractivity contribution >= 4 is 0 Å². The summed E-state index contributed by atoms with van der Waals surface area (Å²) in [5.41, 5.74) is 2.32. The van der Waals surface area contributed by atoms with E-state index in [1.807, 2.05) is 6.92 Å². The van der Waals surface area contributed by atoms with Crippen LogP contribution in [0.25, 0.3) is 0 Å². The van der Waals surface area contributed by atoms with Crippen LogP contribution >= 0.6 is 0 Å². The van der Waals surface area contributed by atoms with Crippen LogP contribution in [-0.4, -0.2) is 20.8 Å². The summed E-state index contributed by atoms with van der Waals surface area (Å²) in [6, 6.07) is 4.54. The highest BCUT2D eigenvalue weighted by Crippen LogP contribution is 2.36. The van der Waals surface area contributed by atoms with Crippen molar-refractivity contribution in [3.8, 4) is 11.5 Å². The van der Waals surface area contributed by atoms with Crippen molar-refractivity contribution in [2.45, 2.75) is 26.3 Å². The average molecular weight is 235 g/mol. The van der Waals surface area contributed by atoms with E-state index >= 15 is 0 Å². The molecule has 1 aromatic carbocycles. The zero-order chi connectivity index (χ0) is 12.4. The lowest BCUT2D eigenvalue weighted by molar-refractivity contribution is 0.390. The molecule has 3 nitrogen and oxygen atoms in total. The second-order valence-corrected chi connectivity index (χ2v) is 4.87. The Balaban J connectivity index is 2.37. The van der Waals surface area contributed by atoms with Gasteiger partial charge in [-0.15, -0.1) is 0 Å². The summed E-state index contributed by atoms with van der Waals surface area (Å²) in [6.45, 7) is 5.38. The minimum absolute atomic E-state index is 0.384. The van der Waals surface area contributed by atoms with E-state index in [9.17, 15) is 0 Å². The Hall–Kier alpha value is -1.22. The molecule has 0 aromatic heterocycles. The molecule has 1 fully saturated rings. The maximum absolute atomic E-state index is 5.48. The molecule has 0 radical (unpaired) electrons. The molecule has 94 valence electrons. The smallest absolute Gasteiger partial charge is 0.124 e. The third-order valence-electron chi connectivity index (χ3n) is 3.47. The number of methoxy groups -OCH3 is 2. The molecule has 17 heavy (non-hydrogen) atoms. The van der Waals surface area contributed by atoms with Crippen molar-refractivity contribution in [2.24, 2.45) is 5.92 Å². The first-order chi connectivity index (χ1) is 8.15. The van der Waals surface area contributed by atoms with Gasteiger partial charge in [0.2, 0.25) is 0 Å². The van der Waals surface area contributed by atoms with Crippen LogP contribution in [0, 0.1) is 12.8 Å². The Bertz CT molecular complexity index is 403. The zero-order valence-electron chi connectivity index (χ0n) is 11.0. The molecule has 1 heterocycles. The molecule has 0 spiro atoms. The number of benzene rings is 1. The number of ether oxygens (including phenoxy) is 2. The van der Waals surface area contributed by atoms with Gasteiger partial charge in [-0.05, 0) is 43.5 Å². The SMILES string of the molecule is COc1cc(C2CC(C)CN2)c(OC)cc1C. The van der Waals surface area contributed by atoms with Gasteiger partial charge in [-0.1, -0.05) is 6.92 Å². The molecule has 0 bridgehead atoms. The molecule has 2 rings (SSSR count). The first-order valence-corrected chi connectivity index (χ1v) is 6.11. The fourth-order valence-electron chi connectivity index (χ4n) is 2.50. The first-order valence-electron chi connectivity index (χ1n) is 6.11. The van der Waals surface area contributed by atoms with Crippen molar-refractivity contribution in [3.05, 3.63) is 23.3 Å². The third-order valence-corrected chi connectivity index (χ3v) is 3.47. The normalized spacial score (nSPS) is 23.8. The average Bonchev–Trinajstić information content (AvgIpc) is 2.75. The van der Waals surface area contributed by atoms with Crippen molar-refractivity contribution in [1.82, 2.24) is 5.32 Å². The second kappa shape index (κ2) is 4.96. The van der Waals surface area contributed by atoms with Crippen molar-refractivity contribution in [2.75, 3.05) is 20.8 Å². The van der Waals surface area contributed by atoms with E-state index in [0.717, 1.165) is 35.9 Å². The quantitative estimate of drug-likeness (QED) is 0.873. The summed E-state index contributed by atoms with van der Waals surface area (Å²) in [5.74, 6) is 2.61. The van der Waals surface area contributed by atoms with E-state index < -0.39 is 0 Å². The lowest BCUT2D eigenvalue weighted by Crippen LogP contribution is -2.14. The minimum atomic E-state index is 0.384. The lowest BCUT2D eigenvalue weighted by atomic mass is 9.98. The largest absolute Gasteiger partial charge is 0.496 e. The van der Waals surface area contributed by atoms with Gasteiger partial charge in [0, 0.05) is 11.6 Å². The molecule has 3 heteroatoms. The van der Waals surface area contributed by atoms with Gasteiger partial charge in [0.15, 0.2) is 0 Å². The molecule has 1 aliphatic heterocycles. The highest BCUT2D eigenvalue weighted by atomic mass is 16.5. The topological polar surface area (TPSA) is 30.5 Å². The molecule has 2 unspecified atom stereocenters. The molecule has 1 N–H and O–H groups in total. The fraction of sp³-hybridized carbons (Fsp3) is 0.571.